The lowest BCUT2D eigenvalue weighted by molar-refractivity contribution is 0.0942. The van der Waals surface area contributed by atoms with E-state index in [1.165, 1.54) is 0 Å². The van der Waals surface area contributed by atoms with E-state index in [2.05, 4.69) is 20.9 Å². The van der Waals surface area contributed by atoms with E-state index < -0.39 is 0 Å². The predicted molar refractivity (Wildman–Crippen MR) is 171 cm³/mol. The molecule has 0 saturated carbocycles. The summed E-state index contributed by atoms with van der Waals surface area (Å²) in [6.07, 6.45) is 8.09. The Labute approximate surface area is 252 Å². The first-order valence-corrected chi connectivity index (χ1v) is 13.9. The van der Waals surface area contributed by atoms with Gasteiger partial charge >= 0.3 is 0 Å². The zero-order chi connectivity index (χ0) is 30.9. The van der Waals surface area contributed by atoms with Crippen molar-refractivity contribution in [3.8, 4) is 5.75 Å². The lowest BCUT2D eigenvalue weighted by Crippen LogP contribution is -2.28. The van der Waals surface area contributed by atoms with E-state index in [1.807, 2.05) is 62.6 Å². The molecule has 0 aliphatic heterocycles. The molecule has 0 unspecified atom stereocenters. The van der Waals surface area contributed by atoms with Crippen LogP contribution in [0.1, 0.15) is 48.9 Å². The monoisotopic (exact) mass is 582 g/mol. The maximum absolute atomic E-state index is 13.1. The number of ether oxygens (including phenoxy) is 1. The van der Waals surface area contributed by atoms with Crippen molar-refractivity contribution in [3.05, 3.63) is 101 Å². The van der Waals surface area contributed by atoms with Crippen LogP contribution < -0.4 is 20.7 Å². The fraction of sp³-hybridized carbons (Fsp3) is 0.242. The number of nitrogens with one attached hydrogen (secondary N) is 3. The van der Waals surface area contributed by atoms with Crippen molar-refractivity contribution in [2.75, 3.05) is 44.9 Å². The molecule has 0 atom stereocenters. The molecule has 3 amide bonds. The summed E-state index contributed by atoms with van der Waals surface area (Å²) < 4.78 is 8.59. The summed E-state index contributed by atoms with van der Waals surface area (Å²) in [4.78, 5) is 40.8. The largest absolute Gasteiger partial charge is 0.497 e. The molecule has 2 aromatic heterocycles. The summed E-state index contributed by atoms with van der Waals surface area (Å²) in [5.74, 6) is -0.0889. The molecule has 0 fully saturated rings. The minimum Gasteiger partial charge on any atom is -0.497 e. The third-order valence-corrected chi connectivity index (χ3v) is 6.77. The van der Waals surface area contributed by atoms with Gasteiger partial charge in [-0.1, -0.05) is 36.4 Å². The van der Waals surface area contributed by atoms with Crippen LogP contribution in [0.15, 0.2) is 73.1 Å². The van der Waals surface area contributed by atoms with Crippen molar-refractivity contribution in [3.63, 3.8) is 0 Å². The van der Waals surface area contributed by atoms with Crippen LogP contribution in [0.4, 0.5) is 11.4 Å². The van der Waals surface area contributed by atoms with Gasteiger partial charge in [-0.3, -0.25) is 14.4 Å². The van der Waals surface area contributed by atoms with Crippen LogP contribution in [0, 0.1) is 0 Å². The fourth-order valence-corrected chi connectivity index (χ4v) is 4.52. The van der Waals surface area contributed by atoms with Gasteiger partial charge in [0.2, 0.25) is 0 Å². The molecular formula is C33H38N6O4. The molecule has 3 N–H and O–H groups in total. The van der Waals surface area contributed by atoms with Gasteiger partial charge in [-0.05, 0) is 74.6 Å². The van der Waals surface area contributed by atoms with Gasteiger partial charge in [0.25, 0.3) is 17.7 Å². The molecule has 0 radical (unpaired) electrons. The number of aryl methyl sites for hydroxylation is 2. The zero-order valence-electron chi connectivity index (χ0n) is 25.2. The number of nitrogens with zero attached hydrogens (tertiary/aromatic N) is 3. The quantitative estimate of drug-likeness (QED) is 0.165. The van der Waals surface area contributed by atoms with Crippen molar-refractivity contribution < 1.29 is 19.1 Å². The summed E-state index contributed by atoms with van der Waals surface area (Å²) in [6.45, 7) is 1.44. The lowest BCUT2D eigenvalue weighted by Gasteiger charge is -2.10. The summed E-state index contributed by atoms with van der Waals surface area (Å²) >= 11 is 0. The first-order valence-electron chi connectivity index (χ1n) is 13.9. The Bertz CT molecular complexity index is 1630. The van der Waals surface area contributed by atoms with E-state index in [0.717, 1.165) is 29.8 Å². The molecular weight excluding hydrogens is 544 g/mol. The summed E-state index contributed by atoms with van der Waals surface area (Å²) in [6, 6.07) is 18.2. The number of carbonyl (C=O) groups is 3. The first-order chi connectivity index (χ1) is 20.6. The molecule has 0 bridgehead atoms. The average molecular weight is 583 g/mol. The molecule has 2 aromatic carbocycles. The van der Waals surface area contributed by atoms with E-state index >= 15 is 0 Å². The van der Waals surface area contributed by atoms with E-state index in [9.17, 15) is 14.4 Å². The van der Waals surface area contributed by atoms with Gasteiger partial charge in [0.05, 0.1) is 18.5 Å². The molecule has 43 heavy (non-hydrogen) atoms. The summed E-state index contributed by atoms with van der Waals surface area (Å²) in [5.41, 5.74) is 4.11. The van der Waals surface area contributed by atoms with Crippen LogP contribution in [0.3, 0.4) is 0 Å². The van der Waals surface area contributed by atoms with Crippen molar-refractivity contribution in [1.82, 2.24) is 19.4 Å². The Morgan fingerprint density at radius 3 is 2.00 bits per heavy atom. The number of hydrogen-bond acceptors (Lipinski definition) is 5. The number of amides is 3. The highest BCUT2D eigenvalue weighted by molar-refractivity contribution is 6.07. The topological polar surface area (TPSA) is 110 Å². The van der Waals surface area contributed by atoms with Crippen LogP contribution in [-0.4, -0.2) is 66.1 Å². The number of methoxy groups -OCH3 is 1. The molecule has 10 nitrogen and oxygen atoms in total. The van der Waals surface area contributed by atoms with E-state index in [0.29, 0.717) is 34.9 Å². The van der Waals surface area contributed by atoms with Crippen LogP contribution in [0.25, 0.3) is 12.2 Å². The van der Waals surface area contributed by atoms with Gasteiger partial charge in [0, 0.05) is 38.6 Å². The Morgan fingerprint density at radius 1 is 0.791 bits per heavy atom. The third kappa shape index (κ3) is 8.46. The van der Waals surface area contributed by atoms with Crippen molar-refractivity contribution in [1.29, 1.82) is 0 Å². The molecule has 0 saturated heterocycles. The molecule has 10 heteroatoms. The van der Waals surface area contributed by atoms with Crippen molar-refractivity contribution >= 4 is 41.2 Å². The minimum absolute atomic E-state index is 0.203. The normalized spacial score (nSPS) is 11.1. The van der Waals surface area contributed by atoms with Gasteiger partial charge in [-0.15, -0.1) is 0 Å². The number of rotatable bonds is 12. The first kappa shape index (κ1) is 30.9. The van der Waals surface area contributed by atoms with E-state index in [-0.39, 0.29) is 17.7 Å². The molecule has 0 spiro atoms. The molecule has 4 rings (SSSR count). The molecule has 4 aromatic rings. The van der Waals surface area contributed by atoms with Crippen molar-refractivity contribution in [2.24, 2.45) is 14.1 Å². The van der Waals surface area contributed by atoms with Crippen LogP contribution >= 0.6 is 0 Å². The fourth-order valence-electron chi connectivity index (χ4n) is 4.52. The van der Waals surface area contributed by atoms with Crippen LogP contribution in [0.2, 0.25) is 0 Å². The number of aromatic nitrogens is 2. The standard InChI is InChI=1S/C33H38N6O4/c1-37(2)16-8-15-34-32(41)29-19-27(22-38(29)3)36-33(42)30-20-26(21-39(30)4)35-31(40)25-11-6-9-23(17-25)13-14-24-10-7-12-28(18-24)43-5/h6-7,9-14,17-22H,8,15-16H2,1-5H3,(H,34,41)(H,35,40)(H,36,42)/b14-13+. The molecule has 2 heterocycles. The maximum atomic E-state index is 13.1. The smallest absolute Gasteiger partial charge is 0.272 e. The Kier molecular flexibility index (Phi) is 10.2. The predicted octanol–water partition coefficient (Wildman–Crippen LogP) is 4.73. The van der Waals surface area contributed by atoms with Gasteiger partial charge in [0.15, 0.2) is 0 Å². The SMILES string of the molecule is COc1cccc(/C=C/c2cccc(C(=O)Nc3cc(C(=O)Nc4cc(C(=O)NCCCN(C)C)n(C)c4)n(C)c3)c2)c1. The highest BCUT2D eigenvalue weighted by atomic mass is 16.5. The highest BCUT2D eigenvalue weighted by Crippen LogP contribution is 2.19. The van der Waals surface area contributed by atoms with Crippen LogP contribution in [-0.2, 0) is 14.1 Å². The van der Waals surface area contributed by atoms with Gasteiger partial charge < -0.3 is 34.7 Å². The van der Waals surface area contributed by atoms with Gasteiger partial charge in [-0.2, -0.15) is 0 Å². The second-order valence-electron chi connectivity index (χ2n) is 10.5. The zero-order valence-corrected chi connectivity index (χ0v) is 25.2. The van der Waals surface area contributed by atoms with E-state index in [4.69, 9.17) is 4.74 Å². The number of benzene rings is 2. The average Bonchev–Trinajstić information content (AvgIpc) is 3.55. The Morgan fingerprint density at radius 2 is 1.37 bits per heavy atom. The maximum Gasteiger partial charge on any atom is 0.272 e. The number of anilines is 2. The van der Waals surface area contributed by atoms with Gasteiger partial charge in [0.1, 0.15) is 17.1 Å². The molecule has 224 valence electrons. The lowest BCUT2D eigenvalue weighted by atomic mass is 10.1. The Hall–Kier alpha value is -5.09. The number of hydrogen-bond donors (Lipinski definition) is 3. The Balaban J connectivity index is 1.37. The van der Waals surface area contributed by atoms with E-state index in [1.54, 1.807) is 67.0 Å². The van der Waals surface area contributed by atoms with Crippen molar-refractivity contribution in [2.45, 2.75) is 6.42 Å². The second-order valence-corrected chi connectivity index (χ2v) is 10.5. The molecule has 0 aliphatic rings. The highest BCUT2D eigenvalue weighted by Gasteiger charge is 2.17. The second kappa shape index (κ2) is 14.2. The third-order valence-electron chi connectivity index (χ3n) is 6.77. The minimum atomic E-state index is -0.365. The summed E-state index contributed by atoms with van der Waals surface area (Å²) in [7, 11) is 9.08. The van der Waals surface area contributed by atoms with Gasteiger partial charge in [-0.25, -0.2) is 0 Å². The molecule has 0 aliphatic carbocycles. The summed E-state index contributed by atoms with van der Waals surface area (Å²) in [5, 5.41) is 8.62. The number of carbonyl (C=O) groups excluding carboxylic acids is 3. The van der Waals surface area contributed by atoms with Crippen LogP contribution in [0.5, 0.6) is 5.75 Å².